The van der Waals surface area contributed by atoms with Crippen molar-refractivity contribution in [2.24, 2.45) is 5.92 Å². The smallest absolute Gasteiger partial charge is 0.270 e. The van der Waals surface area contributed by atoms with Crippen LogP contribution in [0.4, 0.5) is 0 Å². The van der Waals surface area contributed by atoms with E-state index >= 15 is 0 Å². The second-order valence-electron chi connectivity index (χ2n) is 11.5. The third-order valence-electron chi connectivity index (χ3n) is 8.65. The minimum absolute atomic E-state index is 0.0126. The molecule has 5 rings (SSSR count). The zero-order valence-electron chi connectivity index (χ0n) is 23.9. The lowest BCUT2D eigenvalue weighted by molar-refractivity contribution is -0.133. The van der Waals surface area contributed by atoms with Gasteiger partial charge in [0.15, 0.2) is 9.84 Å². The van der Waals surface area contributed by atoms with Gasteiger partial charge in [-0.05, 0) is 64.6 Å². The summed E-state index contributed by atoms with van der Waals surface area (Å²) in [6.45, 7) is 4.77. The van der Waals surface area contributed by atoms with Crippen LogP contribution < -0.4 is 5.32 Å². The number of aromatic nitrogens is 2. The number of aromatic amines is 1. The Morgan fingerprint density at radius 1 is 1.07 bits per heavy atom. The molecule has 0 spiro atoms. The first-order chi connectivity index (χ1) is 19.6. The van der Waals surface area contributed by atoms with E-state index in [4.69, 9.17) is 0 Å². The molecule has 1 aliphatic carbocycles. The summed E-state index contributed by atoms with van der Waals surface area (Å²) < 4.78 is 26.9. The van der Waals surface area contributed by atoms with Gasteiger partial charge in [0.1, 0.15) is 17.6 Å². The van der Waals surface area contributed by atoms with E-state index in [1.165, 1.54) is 6.20 Å². The Bertz CT molecular complexity index is 1460. The van der Waals surface area contributed by atoms with Crippen molar-refractivity contribution in [1.82, 2.24) is 25.1 Å². The Labute approximate surface area is 242 Å². The Balaban J connectivity index is 1.30. The van der Waals surface area contributed by atoms with Crippen LogP contribution in [0.1, 0.15) is 50.0 Å². The number of likely N-dealkylation sites (tertiary alicyclic amines) is 1. The van der Waals surface area contributed by atoms with Crippen molar-refractivity contribution in [3.8, 4) is 11.4 Å². The first-order valence-corrected chi connectivity index (χ1v) is 16.0. The lowest BCUT2D eigenvalue weighted by Crippen LogP contribution is -2.53. The minimum Gasteiger partial charge on any atom is -0.339 e. The Kier molecular flexibility index (Phi) is 8.60. The molecule has 2 N–H and O–H groups in total. The number of sulfone groups is 1. The monoisotopic (exact) mass is 577 g/mol. The van der Waals surface area contributed by atoms with Gasteiger partial charge in [-0.3, -0.25) is 9.59 Å². The Hall–Kier alpha value is -3.50. The average molecular weight is 578 g/mol. The summed E-state index contributed by atoms with van der Waals surface area (Å²) in [5.74, 6) is -0.170. The zero-order valence-corrected chi connectivity index (χ0v) is 24.7. The van der Waals surface area contributed by atoms with Crippen LogP contribution in [0, 0.1) is 5.92 Å². The highest BCUT2D eigenvalue weighted by Crippen LogP contribution is 2.36. The van der Waals surface area contributed by atoms with E-state index < -0.39 is 15.9 Å². The predicted octanol–water partition coefficient (Wildman–Crippen LogP) is 3.76. The molecule has 1 aliphatic heterocycles. The van der Waals surface area contributed by atoms with Crippen LogP contribution in [0.15, 0.2) is 71.8 Å². The number of carbonyl (C=O) groups is 2. The topological polar surface area (TPSA) is 115 Å². The standard InChI is InChI=1S/C31H39N5O4S/c1-21(2)35(3)24-14-15-28(23(18-24)20-41(39,40)25-12-8-5-9-13-25)36-17-16-26(31(36)38)34-30(37)27-19-32-29(33-27)22-10-6-4-7-11-22/h4-13,19,21,23-24,26,28H,14-18,20H2,1-3H3,(H,32,33)(H,34,37)/t23-,24+,26-,28-/m0/s1. The van der Waals surface area contributed by atoms with Crippen molar-refractivity contribution >= 4 is 21.7 Å². The van der Waals surface area contributed by atoms with Crippen LogP contribution >= 0.6 is 0 Å². The van der Waals surface area contributed by atoms with Gasteiger partial charge in [0.2, 0.25) is 5.91 Å². The van der Waals surface area contributed by atoms with E-state index in [1.54, 1.807) is 30.3 Å². The van der Waals surface area contributed by atoms with Gasteiger partial charge < -0.3 is 20.1 Å². The van der Waals surface area contributed by atoms with E-state index in [1.807, 2.05) is 35.2 Å². The first-order valence-electron chi connectivity index (χ1n) is 14.4. The second kappa shape index (κ2) is 12.2. The number of hydrogen-bond donors (Lipinski definition) is 2. The van der Waals surface area contributed by atoms with Crippen molar-refractivity contribution in [3.63, 3.8) is 0 Å². The molecule has 9 nitrogen and oxygen atoms in total. The van der Waals surface area contributed by atoms with Gasteiger partial charge in [0.25, 0.3) is 5.91 Å². The fourth-order valence-electron chi connectivity index (χ4n) is 6.19. The quantitative estimate of drug-likeness (QED) is 0.400. The molecule has 2 amide bonds. The molecule has 2 aliphatic rings. The Morgan fingerprint density at radius 2 is 1.76 bits per heavy atom. The summed E-state index contributed by atoms with van der Waals surface area (Å²) >= 11 is 0. The third kappa shape index (κ3) is 6.38. The number of rotatable bonds is 9. The fourth-order valence-corrected chi connectivity index (χ4v) is 7.88. The van der Waals surface area contributed by atoms with Gasteiger partial charge in [0, 0.05) is 30.2 Å². The average Bonchev–Trinajstić information content (AvgIpc) is 3.61. The van der Waals surface area contributed by atoms with Crippen molar-refractivity contribution in [2.75, 3.05) is 19.3 Å². The molecular weight excluding hydrogens is 538 g/mol. The van der Waals surface area contributed by atoms with E-state index in [-0.39, 0.29) is 35.6 Å². The number of imidazole rings is 1. The van der Waals surface area contributed by atoms with Crippen molar-refractivity contribution < 1.29 is 18.0 Å². The number of H-pyrrole nitrogens is 1. The molecule has 2 heterocycles. The highest BCUT2D eigenvalue weighted by atomic mass is 32.2. The van der Waals surface area contributed by atoms with Crippen LogP contribution in [-0.4, -0.2) is 83.5 Å². The van der Waals surface area contributed by atoms with Gasteiger partial charge in [-0.15, -0.1) is 0 Å². The molecule has 1 aromatic heterocycles. The van der Waals surface area contributed by atoms with Crippen molar-refractivity contribution in [1.29, 1.82) is 0 Å². The van der Waals surface area contributed by atoms with Crippen LogP contribution in [0.5, 0.6) is 0 Å². The number of benzene rings is 2. The number of hydrogen-bond acceptors (Lipinski definition) is 6. The summed E-state index contributed by atoms with van der Waals surface area (Å²) in [7, 11) is -1.45. The van der Waals surface area contributed by atoms with E-state index in [0.29, 0.717) is 41.8 Å². The molecule has 1 saturated carbocycles. The summed E-state index contributed by atoms with van der Waals surface area (Å²) in [6, 6.07) is 17.8. The summed E-state index contributed by atoms with van der Waals surface area (Å²) in [4.78, 5) is 38.5. The maximum atomic E-state index is 13.6. The lowest BCUT2D eigenvalue weighted by atomic mass is 9.81. The van der Waals surface area contributed by atoms with Crippen LogP contribution in [0.25, 0.3) is 11.4 Å². The number of nitrogens with zero attached hydrogens (tertiary/aromatic N) is 3. The molecule has 0 bridgehead atoms. The van der Waals surface area contributed by atoms with E-state index in [9.17, 15) is 18.0 Å². The van der Waals surface area contributed by atoms with Gasteiger partial charge >= 0.3 is 0 Å². The summed E-state index contributed by atoms with van der Waals surface area (Å²) in [5.41, 5.74) is 1.16. The molecule has 3 aromatic rings. The maximum Gasteiger partial charge on any atom is 0.270 e. The number of amides is 2. The van der Waals surface area contributed by atoms with Crippen molar-refractivity contribution in [3.05, 3.63) is 72.6 Å². The van der Waals surface area contributed by atoms with Gasteiger partial charge in [0.05, 0.1) is 16.8 Å². The lowest BCUT2D eigenvalue weighted by Gasteiger charge is -2.44. The molecule has 2 aromatic carbocycles. The van der Waals surface area contributed by atoms with Crippen LogP contribution in [0.3, 0.4) is 0 Å². The molecule has 10 heteroatoms. The normalized spacial score (nSPS) is 23.3. The number of nitrogens with one attached hydrogen (secondary N) is 2. The fraction of sp³-hybridized carbons (Fsp3) is 0.452. The molecular formula is C31H39N5O4S. The summed E-state index contributed by atoms with van der Waals surface area (Å²) in [5, 5.41) is 2.88. The molecule has 1 saturated heterocycles. The van der Waals surface area contributed by atoms with Crippen LogP contribution in [-0.2, 0) is 14.6 Å². The summed E-state index contributed by atoms with van der Waals surface area (Å²) in [6.07, 6.45) is 4.27. The molecule has 218 valence electrons. The molecule has 2 fully saturated rings. The molecule has 41 heavy (non-hydrogen) atoms. The Morgan fingerprint density at radius 3 is 2.44 bits per heavy atom. The molecule has 0 radical (unpaired) electrons. The zero-order chi connectivity index (χ0) is 29.1. The first kappa shape index (κ1) is 29.0. The van der Waals surface area contributed by atoms with Crippen molar-refractivity contribution in [2.45, 2.75) is 68.6 Å². The SMILES string of the molecule is CC(C)N(C)[C@@H]1CC[C@H](N2CC[C@H](NC(=O)c3cnc(-c4ccccc4)[nH]3)C2=O)[C@H](CS(=O)(=O)c2ccccc2)C1. The number of carbonyl (C=O) groups excluding carboxylic acids is 2. The molecule has 0 unspecified atom stereocenters. The second-order valence-corrected chi connectivity index (χ2v) is 13.5. The highest BCUT2D eigenvalue weighted by Gasteiger charge is 2.44. The molecule has 4 atom stereocenters. The van der Waals surface area contributed by atoms with E-state index in [2.05, 4.69) is 41.1 Å². The van der Waals surface area contributed by atoms with E-state index in [0.717, 1.165) is 18.4 Å². The highest BCUT2D eigenvalue weighted by molar-refractivity contribution is 7.91. The van der Waals surface area contributed by atoms with Gasteiger partial charge in [-0.2, -0.15) is 0 Å². The third-order valence-corrected chi connectivity index (χ3v) is 10.5. The van der Waals surface area contributed by atoms with Crippen LogP contribution in [0.2, 0.25) is 0 Å². The minimum atomic E-state index is -3.54. The predicted molar refractivity (Wildman–Crippen MR) is 158 cm³/mol. The van der Waals surface area contributed by atoms with Gasteiger partial charge in [-0.25, -0.2) is 13.4 Å². The van der Waals surface area contributed by atoms with Gasteiger partial charge in [-0.1, -0.05) is 48.5 Å². The maximum absolute atomic E-state index is 13.6. The largest absolute Gasteiger partial charge is 0.339 e.